The van der Waals surface area contributed by atoms with Crippen molar-refractivity contribution in [3.63, 3.8) is 0 Å². The smallest absolute Gasteiger partial charge is 0.0626 e. The summed E-state index contributed by atoms with van der Waals surface area (Å²) in [5.41, 5.74) is 1.04. The fourth-order valence-electron chi connectivity index (χ4n) is 2.14. The molecule has 17 heavy (non-hydrogen) atoms. The molecule has 1 fully saturated rings. The second-order valence-electron chi connectivity index (χ2n) is 4.43. The van der Waals surface area contributed by atoms with Gasteiger partial charge in [0.25, 0.3) is 0 Å². The molecule has 0 radical (unpaired) electrons. The van der Waals surface area contributed by atoms with Gasteiger partial charge in [0.2, 0.25) is 0 Å². The van der Waals surface area contributed by atoms with E-state index in [0.29, 0.717) is 5.92 Å². The van der Waals surface area contributed by atoms with E-state index < -0.39 is 0 Å². The lowest BCUT2D eigenvalue weighted by atomic mass is 9.96. The third-order valence-electron chi connectivity index (χ3n) is 3.17. The van der Waals surface area contributed by atoms with Crippen molar-refractivity contribution in [3.8, 4) is 12.3 Å². The molecule has 1 aliphatic rings. The van der Waals surface area contributed by atoms with Gasteiger partial charge in [-0.1, -0.05) is 18.1 Å². The third-order valence-corrected chi connectivity index (χ3v) is 3.17. The molecule has 0 saturated carbocycles. The molecule has 0 N–H and O–H groups in total. The van der Waals surface area contributed by atoms with Crippen LogP contribution in [0.25, 0.3) is 6.08 Å². The third kappa shape index (κ3) is 3.72. The number of hydrogen-bond donors (Lipinski definition) is 0. The van der Waals surface area contributed by atoms with Gasteiger partial charge in [-0.05, 0) is 50.1 Å². The second-order valence-corrected chi connectivity index (χ2v) is 4.43. The maximum absolute atomic E-state index is 5.31. The van der Waals surface area contributed by atoms with E-state index in [4.69, 9.17) is 6.42 Å². The zero-order valence-corrected chi connectivity index (χ0v) is 10.0. The lowest BCUT2D eigenvalue weighted by Crippen LogP contribution is -2.33. The van der Waals surface area contributed by atoms with Crippen LogP contribution in [0.5, 0.6) is 0 Å². The average molecular weight is 226 g/mol. The number of pyridine rings is 1. The number of terminal acetylenes is 1. The van der Waals surface area contributed by atoms with Crippen molar-refractivity contribution in [1.82, 2.24) is 9.88 Å². The summed E-state index contributed by atoms with van der Waals surface area (Å²) in [7, 11) is 0. The molecule has 0 amide bonds. The molecule has 0 spiro atoms. The number of allylic oxidation sites excluding steroid dienone is 1. The van der Waals surface area contributed by atoms with Gasteiger partial charge in [-0.15, -0.1) is 6.42 Å². The molecule has 2 heteroatoms. The summed E-state index contributed by atoms with van der Waals surface area (Å²) < 4.78 is 0. The van der Waals surface area contributed by atoms with E-state index in [9.17, 15) is 0 Å². The van der Waals surface area contributed by atoms with Gasteiger partial charge in [0, 0.05) is 6.20 Å². The number of rotatable bonds is 3. The van der Waals surface area contributed by atoms with Crippen LogP contribution < -0.4 is 0 Å². The van der Waals surface area contributed by atoms with E-state index in [-0.39, 0.29) is 0 Å². The van der Waals surface area contributed by atoms with Gasteiger partial charge in [-0.3, -0.25) is 9.88 Å². The van der Waals surface area contributed by atoms with Gasteiger partial charge < -0.3 is 0 Å². The molecule has 2 rings (SSSR count). The predicted octanol–water partition coefficient (Wildman–Crippen LogP) is 2.44. The minimum absolute atomic E-state index is 0.672. The first-order chi connectivity index (χ1) is 8.38. The van der Waals surface area contributed by atoms with Crippen LogP contribution in [0.4, 0.5) is 0 Å². The molecular weight excluding hydrogens is 208 g/mol. The summed E-state index contributed by atoms with van der Waals surface area (Å²) >= 11 is 0. The van der Waals surface area contributed by atoms with Gasteiger partial charge in [0.1, 0.15) is 0 Å². The topological polar surface area (TPSA) is 16.1 Å². The van der Waals surface area contributed by atoms with Crippen LogP contribution in [-0.4, -0.2) is 29.5 Å². The monoisotopic (exact) mass is 226 g/mol. The highest BCUT2D eigenvalue weighted by Crippen LogP contribution is 2.18. The van der Waals surface area contributed by atoms with Crippen molar-refractivity contribution in [2.75, 3.05) is 19.6 Å². The SMILES string of the molecule is C#CCN1CCC(/C=C/c2ccccn2)CC1. The molecule has 1 aliphatic heterocycles. The Morgan fingerprint density at radius 2 is 2.24 bits per heavy atom. The van der Waals surface area contributed by atoms with E-state index in [2.05, 4.69) is 28.0 Å². The molecule has 1 aromatic heterocycles. The van der Waals surface area contributed by atoms with Crippen LogP contribution in [0, 0.1) is 18.3 Å². The standard InChI is InChI=1S/C15H18N2/c1-2-11-17-12-8-14(9-13-17)6-7-15-5-3-4-10-16-15/h1,3-7,10,14H,8-9,11-13H2/b7-6+. The maximum atomic E-state index is 5.31. The summed E-state index contributed by atoms with van der Waals surface area (Å²) in [6, 6.07) is 5.99. The van der Waals surface area contributed by atoms with E-state index in [1.165, 1.54) is 12.8 Å². The summed E-state index contributed by atoms with van der Waals surface area (Å²) in [6.07, 6.45) is 14.0. The summed E-state index contributed by atoms with van der Waals surface area (Å²) in [5.74, 6) is 3.38. The fraction of sp³-hybridized carbons (Fsp3) is 0.400. The second kappa shape index (κ2) is 6.22. The van der Waals surface area contributed by atoms with Crippen LogP contribution in [0.3, 0.4) is 0 Å². The largest absolute Gasteiger partial charge is 0.292 e. The Bertz CT molecular complexity index is 395. The van der Waals surface area contributed by atoms with Gasteiger partial charge in [-0.25, -0.2) is 0 Å². The Kier molecular flexibility index (Phi) is 4.35. The van der Waals surface area contributed by atoms with E-state index >= 15 is 0 Å². The van der Waals surface area contributed by atoms with Crippen molar-refractivity contribution in [2.45, 2.75) is 12.8 Å². The van der Waals surface area contributed by atoms with Crippen molar-refractivity contribution < 1.29 is 0 Å². The highest BCUT2D eigenvalue weighted by Gasteiger charge is 2.15. The number of likely N-dealkylation sites (tertiary alicyclic amines) is 1. The first-order valence-corrected chi connectivity index (χ1v) is 6.13. The molecule has 0 unspecified atom stereocenters. The quantitative estimate of drug-likeness (QED) is 0.736. The van der Waals surface area contributed by atoms with Crippen LogP contribution >= 0.6 is 0 Å². The van der Waals surface area contributed by atoms with Crippen molar-refractivity contribution in [2.24, 2.45) is 5.92 Å². The Labute approximate surface area is 103 Å². The van der Waals surface area contributed by atoms with Gasteiger partial charge in [-0.2, -0.15) is 0 Å². The highest BCUT2D eigenvalue weighted by atomic mass is 15.1. The molecule has 0 bridgehead atoms. The lowest BCUT2D eigenvalue weighted by molar-refractivity contribution is 0.226. The molecule has 2 heterocycles. The average Bonchev–Trinajstić information content (AvgIpc) is 2.40. The van der Waals surface area contributed by atoms with Crippen molar-refractivity contribution >= 4 is 6.08 Å². The molecule has 0 aliphatic carbocycles. The number of hydrogen-bond acceptors (Lipinski definition) is 2. The Morgan fingerprint density at radius 1 is 1.41 bits per heavy atom. The molecule has 1 saturated heterocycles. The number of aromatic nitrogens is 1. The van der Waals surface area contributed by atoms with Crippen molar-refractivity contribution in [3.05, 3.63) is 36.2 Å². The molecule has 0 atom stereocenters. The summed E-state index contributed by atoms with van der Waals surface area (Å²) in [5, 5.41) is 0. The lowest BCUT2D eigenvalue weighted by Gasteiger charge is -2.28. The van der Waals surface area contributed by atoms with Crippen LogP contribution in [0.2, 0.25) is 0 Å². The van der Waals surface area contributed by atoms with Gasteiger partial charge in [0.15, 0.2) is 0 Å². The van der Waals surface area contributed by atoms with Crippen molar-refractivity contribution in [1.29, 1.82) is 0 Å². The van der Waals surface area contributed by atoms with Gasteiger partial charge >= 0.3 is 0 Å². The summed E-state index contributed by atoms with van der Waals surface area (Å²) in [6.45, 7) is 3.01. The number of nitrogens with zero attached hydrogens (tertiary/aromatic N) is 2. The van der Waals surface area contributed by atoms with E-state index in [1.54, 1.807) is 0 Å². The molecular formula is C15H18N2. The van der Waals surface area contributed by atoms with E-state index in [1.807, 2.05) is 24.4 Å². The predicted molar refractivity (Wildman–Crippen MR) is 71.3 cm³/mol. The minimum atomic E-state index is 0.672. The van der Waals surface area contributed by atoms with Crippen LogP contribution in [0.15, 0.2) is 30.5 Å². The Balaban J connectivity index is 1.82. The molecule has 0 aromatic carbocycles. The van der Waals surface area contributed by atoms with Crippen LogP contribution in [-0.2, 0) is 0 Å². The zero-order chi connectivity index (χ0) is 11.9. The van der Waals surface area contributed by atoms with Gasteiger partial charge in [0.05, 0.1) is 12.2 Å². The summed E-state index contributed by atoms with van der Waals surface area (Å²) in [4.78, 5) is 6.62. The molecule has 1 aromatic rings. The zero-order valence-electron chi connectivity index (χ0n) is 10.0. The normalized spacial score (nSPS) is 18.3. The maximum Gasteiger partial charge on any atom is 0.0626 e. The first kappa shape index (κ1) is 11.9. The molecule has 2 nitrogen and oxygen atoms in total. The number of piperidine rings is 1. The molecule has 88 valence electrons. The fourth-order valence-corrected chi connectivity index (χ4v) is 2.14. The highest BCUT2D eigenvalue weighted by molar-refractivity contribution is 5.44. The Hall–Kier alpha value is -1.59. The Morgan fingerprint density at radius 3 is 2.88 bits per heavy atom. The minimum Gasteiger partial charge on any atom is -0.292 e. The van der Waals surface area contributed by atoms with Crippen LogP contribution in [0.1, 0.15) is 18.5 Å². The van der Waals surface area contributed by atoms with E-state index in [0.717, 1.165) is 25.3 Å². The first-order valence-electron chi connectivity index (χ1n) is 6.13.